The minimum absolute atomic E-state index is 0.206. The zero-order valence-corrected chi connectivity index (χ0v) is 13.3. The predicted molar refractivity (Wildman–Crippen MR) is 84.5 cm³/mol. The Labute approximate surface area is 124 Å². The molecule has 0 saturated heterocycles. The highest BCUT2D eigenvalue weighted by atomic mass is 79.9. The summed E-state index contributed by atoms with van der Waals surface area (Å²) in [6.07, 6.45) is 2.40. The smallest absolute Gasteiger partial charge is 0.191 e. The minimum atomic E-state index is 0.206. The molecular formula is C15H22BrN3. The van der Waals surface area contributed by atoms with E-state index in [0.717, 1.165) is 19.6 Å². The van der Waals surface area contributed by atoms with E-state index >= 15 is 0 Å². The molecule has 2 N–H and O–H groups in total. The summed E-state index contributed by atoms with van der Waals surface area (Å²) in [5, 5.41) is 0. The van der Waals surface area contributed by atoms with Crippen LogP contribution in [0, 0.1) is 0 Å². The van der Waals surface area contributed by atoms with Crippen molar-refractivity contribution >= 4 is 21.9 Å². The highest BCUT2D eigenvalue weighted by Gasteiger charge is 2.45. The van der Waals surface area contributed by atoms with Gasteiger partial charge in [-0.25, -0.2) is 0 Å². The van der Waals surface area contributed by atoms with Crippen LogP contribution in [0.3, 0.4) is 0 Å². The molecule has 0 heterocycles. The number of guanidine groups is 1. The van der Waals surface area contributed by atoms with Crippen LogP contribution in [0.15, 0.2) is 33.7 Å². The summed E-state index contributed by atoms with van der Waals surface area (Å²) < 4.78 is 1.18. The fourth-order valence-electron chi connectivity index (χ4n) is 2.43. The summed E-state index contributed by atoms with van der Waals surface area (Å²) in [5.74, 6) is 0.670. The molecule has 19 heavy (non-hydrogen) atoms. The van der Waals surface area contributed by atoms with Gasteiger partial charge in [-0.2, -0.15) is 0 Å². The second-order valence-corrected chi connectivity index (χ2v) is 5.96. The van der Waals surface area contributed by atoms with Crippen molar-refractivity contribution in [2.75, 3.05) is 19.6 Å². The first-order valence-electron chi connectivity index (χ1n) is 6.93. The van der Waals surface area contributed by atoms with Crippen LogP contribution >= 0.6 is 15.9 Å². The number of nitrogens with zero attached hydrogens (tertiary/aromatic N) is 2. The van der Waals surface area contributed by atoms with Crippen molar-refractivity contribution in [2.45, 2.75) is 32.1 Å². The molecule has 0 unspecified atom stereocenters. The molecule has 0 amide bonds. The van der Waals surface area contributed by atoms with E-state index in [1.807, 2.05) is 0 Å². The van der Waals surface area contributed by atoms with Crippen LogP contribution in [0.25, 0.3) is 0 Å². The fourth-order valence-corrected chi connectivity index (χ4v) is 3.14. The molecule has 3 nitrogen and oxygen atoms in total. The number of hydrogen-bond acceptors (Lipinski definition) is 1. The largest absolute Gasteiger partial charge is 0.370 e. The van der Waals surface area contributed by atoms with Gasteiger partial charge in [0.25, 0.3) is 0 Å². The van der Waals surface area contributed by atoms with Gasteiger partial charge in [0, 0.05) is 23.0 Å². The Hall–Kier alpha value is -1.03. The van der Waals surface area contributed by atoms with Gasteiger partial charge in [0.15, 0.2) is 5.96 Å². The van der Waals surface area contributed by atoms with Crippen LogP contribution in [-0.4, -0.2) is 30.5 Å². The first-order chi connectivity index (χ1) is 9.13. The maximum Gasteiger partial charge on any atom is 0.191 e. The first-order valence-corrected chi connectivity index (χ1v) is 7.72. The SMILES string of the molecule is CCN(CC)C(N)=NCC1(c2ccccc2Br)CC1. The molecular weight excluding hydrogens is 302 g/mol. The average Bonchev–Trinajstić information content (AvgIpc) is 3.19. The van der Waals surface area contributed by atoms with Gasteiger partial charge in [-0.15, -0.1) is 0 Å². The molecule has 0 bridgehead atoms. The Morgan fingerprint density at radius 1 is 1.32 bits per heavy atom. The third kappa shape index (κ3) is 3.11. The lowest BCUT2D eigenvalue weighted by molar-refractivity contribution is 0.456. The van der Waals surface area contributed by atoms with Crippen molar-refractivity contribution in [3.05, 3.63) is 34.3 Å². The topological polar surface area (TPSA) is 41.6 Å². The highest BCUT2D eigenvalue weighted by Crippen LogP contribution is 2.50. The van der Waals surface area contributed by atoms with Crippen LogP contribution in [0.4, 0.5) is 0 Å². The molecule has 4 heteroatoms. The van der Waals surface area contributed by atoms with E-state index in [-0.39, 0.29) is 5.41 Å². The number of rotatable bonds is 5. The summed E-state index contributed by atoms with van der Waals surface area (Å²) >= 11 is 3.65. The second-order valence-electron chi connectivity index (χ2n) is 5.11. The summed E-state index contributed by atoms with van der Waals surface area (Å²) in [7, 11) is 0. The summed E-state index contributed by atoms with van der Waals surface area (Å²) in [4.78, 5) is 6.71. The van der Waals surface area contributed by atoms with Crippen molar-refractivity contribution in [1.82, 2.24) is 4.90 Å². The fraction of sp³-hybridized carbons (Fsp3) is 0.533. The van der Waals surface area contributed by atoms with Crippen LogP contribution in [0.1, 0.15) is 32.3 Å². The van der Waals surface area contributed by atoms with E-state index in [1.54, 1.807) is 0 Å². The minimum Gasteiger partial charge on any atom is -0.370 e. The average molecular weight is 324 g/mol. The lowest BCUT2D eigenvalue weighted by Gasteiger charge is -2.21. The first kappa shape index (κ1) is 14.4. The van der Waals surface area contributed by atoms with Gasteiger partial charge in [-0.1, -0.05) is 34.1 Å². The second kappa shape index (κ2) is 5.95. The van der Waals surface area contributed by atoms with E-state index < -0.39 is 0 Å². The molecule has 1 aliphatic carbocycles. The number of hydrogen-bond donors (Lipinski definition) is 1. The number of nitrogens with two attached hydrogens (primary N) is 1. The van der Waals surface area contributed by atoms with Crippen molar-refractivity contribution in [1.29, 1.82) is 0 Å². The van der Waals surface area contributed by atoms with Gasteiger partial charge in [-0.3, -0.25) is 4.99 Å². The quantitative estimate of drug-likeness (QED) is 0.668. The van der Waals surface area contributed by atoms with Gasteiger partial charge in [-0.05, 0) is 38.3 Å². The normalized spacial score (nSPS) is 17.3. The molecule has 0 atom stereocenters. The Morgan fingerprint density at radius 2 is 1.95 bits per heavy atom. The van der Waals surface area contributed by atoms with Crippen LogP contribution < -0.4 is 5.73 Å². The number of aliphatic imine (C=N–C) groups is 1. The standard InChI is InChI=1S/C15H22BrN3/c1-3-19(4-2)14(17)18-11-15(9-10-15)12-7-5-6-8-13(12)16/h5-8H,3-4,9-11H2,1-2H3,(H2,17,18). The van der Waals surface area contributed by atoms with E-state index in [1.165, 1.54) is 22.9 Å². The summed E-state index contributed by atoms with van der Waals surface area (Å²) in [5.41, 5.74) is 7.63. The van der Waals surface area contributed by atoms with Gasteiger partial charge in [0.2, 0.25) is 0 Å². The van der Waals surface area contributed by atoms with E-state index in [9.17, 15) is 0 Å². The molecule has 104 valence electrons. The zero-order chi connectivity index (χ0) is 13.9. The monoisotopic (exact) mass is 323 g/mol. The van der Waals surface area contributed by atoms with E-state index in [0.29, 0.717) is 5.96 Å². The predicted octanol–water partition coefficient (Wildman–Crippen LogP) is 3.14. The van der Waals surface area contributed by atoms with Crippen LogP contribution in [-0.2, 0) is 5.41 Å². The number of halogens is 1. The Morgan fingerprint density at radius 3 is 2.47 bits per heavy atom. The van der Waals surface area contributed by atoms with Crippen LogP contribution in [0.5, 0.6) is 0 Å². The van der Waals surface area contributed by atoms with Crippen LogP contribution in [0.2, 0.25) is 0 Å². The van der Waals surface area contributed by atoms with Gasteiger partial charge in [0.1, 0.15) is 0 Å². The molecule has 0 radical (unpaired) electrons. The van der Waals surface area contributed by atoms with Crippen molar-refractivity contribution in [3.63, 3.8) is 0 Å². The maximum absolute atomic E-state index is 6.05. The van der Waals surface area contributed by atoms with Crippen molar-refractivity contribution in [2.24, 2.45) is 10.7 Å². The molecule has 2 rings (SSSR count). The number of benzene rings is 1. The molecule has 1 aliphatic rings. The molecule has 1 aromatic carbocycles. The summed E-state index contributed by atoms with van der Waals surface area (Å²) in [6.45, 7) is 6.82. The maximum atomic E-state index is 6.05. The van der Waals surface area contributed by atoms with Crippen molar-refractivity contribution < 1.29 is 0 Å². The zero-order valence-electron chi connectivity index (χ0n) is 11.7. The van der Waals surface area contributed by atoms with Gasteiger partial charge in [0.05, 0.1) is 6.54 Å². The molecule has 1 saturated carbocycles. The van der Waals surface area contributed by atoms with E-state index in [4.69, 9.17) is 5.73 Å². The van der Waals surface area contributed by atoms with Gasteiger partial charge < -0.3 is 10.6 Å². The Balaban J connectivity index is 2.11. The van der Waals surface area contributed by atoms with Crippen molar-refractivity contribution in [3.8, 4) is 0 Å². The molecule has 0 aliphatic heterocycles. The summed E-state index contributed by atoms with van der Waals surface area (Å²) in [6, 6.07) is 8.45. The molecule has 1 fully saturated rings. The van der Waals surface area contributed by atoms with E-state index in [2.05, 4.69) is 63.9 Å². The Bertz CT molecular complexity index is 462. The molecule has 0 aromatic heterocycles. The third-order valence-corrected chi connectivity index (χ3v) is 4.62. The Kier molecular flexibility index (Phi) is 4.50. The lowest BCUT2D eigenvalue weighted by Crippen LogP contribution is -2.37. The molecule has 1 aromatic rings. The highest BCUT2D eigenvalue weighted by molar-refractivity contribution is 9.10. The lowest BCUT2D eigenvalue weighted by atomic mass is 9.96. The third-order valence-electron chi connectivity index (χ3n) is 3.93. The van der Waals surface area contributed by atoms with Gasteiger partial charge >= 0.3 is 0 Å². The molecule has 0 spiro atoms.